The van der Waals surface area contributed by atoms with Gasteiger partial charge in [-0.05, 0) is 18.2 Å². The van der Waals surface area contributed by atoms with Crippen LogP contribution in [-0.2, 0) is 11.3 Å². The smallest absolute Gasteiger partial charge is 0.238 e. The minimum Gasteiger partial charge on any atom is -0.497 e. The maximum absolute atomic E-state index is 13.5. The summed E-state index contributed by atoms with van der Waals surface area (Å²) in [5, 5.41) is 5.64. The van der Waals surface area contributed by atoms with Crippen molar-refractivity contribution in [3.8, 4) is 11.5 Å². The molecule has 2 N–H and O–H groups in total. The Kier molecular flexibility index (Phi) is 5.94. The molecular formula is C17H19FN2O3. The summed E-state index contributed by atoms with van der Waals surface area (Å²) in [7, 11) is 3.07. The van der Waals surface area contributed by atoms with Gasteiger partial charge in [0, 0.05) is 18.2 Å². The van der Waals surface area contributed by atoms with Crippen LogP contribution in [0.15, 0.2) is 42.5 Å². The lowest BCUT2D eigenvalue weighted by Crippen LogP contribution is -2.28. The lowest BCUT2D eigenvalue weighted by atomic mass is 10.2. The van der Waals surface area contributed by atoms with E-state index in [0.717, 1.165) is 0 Å². The molecule has 0 saturated carbocycles. The Hall–Kier alpha value is -2.60. The van der Waals surface area contributed by atoms with E-state index in [-0.39, 0.29) is 24.8 Å². The lowest BCUT2D eigenvalue weighted by molar-refractivity contribution is -0.115. The number of amides is 1. The Labute approximate surface area is 134 Å². The van der Waals surface area contributed by atoms with Crippen LogP contribution < -0.4 is 20.1 Å². The molecule has 2 aromatic rings. The molecule has 0 spiro atoms. The van der Waals surface area contributed by atoms with E-state index in [2.05, 4.69) is 10.6 Å². The van der Waals surface area contributed by atoms with Crippen molar-refractivity contribution in [1.82, 2.24) is 5.32 Å². The number of benzene rings is 2. The number of carbonyl (C=O) groups excluding carboxylic acids is 1. The summed E-state index contributed by atoms with van der Waals surface area (Å²) < 4.78 is 23.8. The number of nitrogens with one attached hydrogen (secondary N) is 2. The number of methoxy groups -OCH3 is 2. The van der Waals surface area contributed by atoms with Crippen molar-refractivity contribution < 1.29 is 18.7 Å². The molecule has 0 unspecified atom stereocenters. The molecule has 0 heterocycles. The summed E-state index contributed by atoms with van der Waals surface area (Å²) in [6, 6.07) is 11.6. The zero-order valence-electron chi connectivity index (χ0n) is 13.1. The number of hydrogen-bond donors (Lipinski definition) is 2. The fourth-order valence-corrected chi connectivity index (χ4v) is 2.05. The van der Waals surface area contributed by atoms with Gasteiger partial charge >= 0.3 is 0 Å². The number of halogens is 1. The number of ether oxygens (including phenoxy) is 2. The van der Waals surface area contributed by atoms with E-state index < -0.39 is 0 Å². The van der Waals surface area contributed by atoms with Gasteiger partial charge in [-0.3, -0.25) is 4.79 Å². The van der Waals surface area contributed by atoms with Crippen LogP contribution in [0.25, 0.3) is 0 Å². The van der Waals surface area contributed by atoms with E-state index in [1.54, 1.807) is 43.5 Å². The SMILES string of the molecule is COc1ccc(NC(=O)CNCc2ccccc2F)c(OC)c1. The number of rotatable bonds is 7. The van der Waals surface area contributed by atoms with Gasteiger partial charge in [0.15, 0.2) is 0 Å². The van der Waals surface area contributed by atoms with Crippen LogP contribution in [0.2, 0.25) is 0 Å². The summed E-state index contributed by atoms with van der Waals surface area (Å²) in [4.78, 5) is 12.0. The van der Waals surface area contributed by atoms with Gasteiger partial charge in [0.2, 0.25) is 5.91 Å². The Bertz CT molecular complexity index is 677. The molecule has 0 radical (unpaired) electrons. The van der Waals surface area contributed by atoms with E-state index in [9.17, 15) is 9.18 Å². The molecule has 0 fully saturated rings. The third kappa shape index (κ3) is 4.69. The van der Waals surface area contributed by atoms with Crippen molar-refractivity contribution in [3.05, 3.63) is 53.8 Å². The second kappa shape index (κ2) is 8.14. The van der Waals surface area contributed by atoms with Gasteiger partial charge < -0.3 is 20.1 Å². The fourth-order valence-electron chi connectivity index (χ4n) is 2.05. The van der Waals surface area contributed by atoms with E-state index in [1.165, 1.54) is 13.2 Å². The molecule has 2 rings (SSSR count). The van der Waals surface area contributed by atoms with Crippen LogP contribution in [-0.4, -0.2) is 26.7 Å². The third-order valence-electron chi connectivity index (χ3n) is 3.24. The van der Waals surface area contributed by atoms with Crippen molar-refractivity contribution in [2.24, 2.45) is 0 Å². The maximum atomic E-state index is 13.5. The summed E-state index contributed by atoms with van der Waals surface area (Å²) in [6.45, 7) is 0.337. The highest BCUT2D eigenvalue weighted by Crippen LogP contribution is 2.28. The van der Waals surface area contributed by atoms with Gasteiger partial charge in [0.05, 0.1) is 26.5 Å². The molecule has 0 saturated heterocycles. The number of hydrogen-bond acceptors (Lipinski definition) is 4. The molecule has 1 amide bonds. The van der Waals surface area contributed by atoms with E-state index in [1.807, 2.05) is 0 Å². The second-order valence-corrected chi connectivity index (χ2v) is 4.81. The van der Waals surface area contributed by atoms with Crippen molar-refractivity contribution in [2.75, 3.05) is 26.1 Å². The van der Waals surface area contributed by atoms with Gasteiger partial charge in [-0.2, -0.15) is 0 Å². The van der Waals surface area contributed by atoms with Crippen LogP contribution in [0.4, 0.5) is 10.1 Å². The minimum atomic E-state index is -0.294. The van der Waals surface area contributed by atoms with Gasteiger partial charge in [0.1, 0.15) is 17.3 Å². The molecule has 0 bridgehead atoms. The highest BCUT2D eigenvalue weighted by molar-refractivity contribution is 5.93. The number of carbonyl (C=O) groups is 1. The van der Waals surface area contributed by atoms with E-state index in [0.29, 0.717) is 22.7 Å². The molecule has 122 valence electrons. The highest BCUT2D eigenvalue weighted by atomic mass is 19.1. The van der Waals surface area contributed by atoms with Crippen LogP contribution >= 0.6 is 0 Å². The first kappa shape index (κ1) is 16.8. The Balaban J connectivity index is 1.89. The first-order valence-corrected chi connectivity index (χ1v) is 7.10. The highest BCUT2D eigenvalue weighted by Gasteiger charge is 2.09. The molecule has 0 aliphatic rings. The van der Waals surface area contributed by atoms with Crippen LogP contribution in [0.3, 0.4) is 0 Å². The molecular weight excluding hydrogens is 299 g/mol. The monoisotopic (exact) mass is 318 g/mol. The van der Waals surface area contributed by atoms with E-state index >= 15 is 0 Å². The predicted molar refractivity (Wildman–Crippen MR) is 86.3 cm³/mol. The summed E-state index contributed by atoms with van der Waals surface area (Å²) >= 11 is 0. The number of anilines is 1. The van der Waals surface area contributed by atoms with Crippen LogP contribution in [0.1, 0.15) is 5.56 Å². The largest absolute Gasteiger partial charge is 0.497 e. The molecule has 0 aliphatic heterocycles. The molecule has 6 heteroatoms. The second-order valence-electron chi connectivity index (χ2n) is 4.81. The summed E-state index contributed by atoms with van der Waals surface area (Å²) in [6.07, 6.45) is 0. The summed E-state index contributed by atoms with van der Waals surface area (Å²) in [5.74, 6) is 0.603. The van der Waals surface area contributed by atoms with Crippen molar-refractivity contribution in [1.29, 1.82) is 0 Å². The zero-order chi connectivity index (χ0) is 16.7. The van der Waals surface area contributed by atoms with Gasteiger partial charge in [-0.15, -0.1) is 0 Å². The van der Waals surface area contributed by atoms with Gasteiger partial charge in [-0.1, -0.05) is 18.2 Å². The average Bonchev–Trinajstić information content (AvgIpc) is 2.57. The van der Waals surface area contributed by atoms with Crippen LogP contribution in [0, 0.1) is 5.82 Å². The molecule has 0 aromatic heterocycles. The van der Waals surface area contributed by atoms with Crippen molar-refractivity contribution >= 4 is 11.6 Å². The normalized spacial score (nSPS) is 10.2. The zero-order valence-corrected chi connectivity index (χ0v) is 13.1. The molecule has 5 nitrogen and oxygen atoms in total. The van der Waals surface area contributed by atoms with Gasteiger partial charge in [0.25, 0.3) is 0 Å². The predicted octanol–water partition coefficient (Wildman–Crippen LogP) is 2.57. The van der Waals surface area contributed by atoms with Crippen molar-refractivity contribution in [3.63, 3.8) is 0 Å². The Morgan fingerprint density at radius 2 is 1.91 bits per heavy atom. The molecule has 0 atom stereocenters. The first-order chi connectivity index (χ1) is 11.1. The summed E-state index contributed by atoms with van der Waals surface area (Å²) in [5.41, 5.74) is 1.06. The topological polar surface area (TPSA) is 59.6 Å². The molecule has 23 heavy (non-hydrogen) atoms. The lowest BCUT2D eigenvalue weighted by Gasteiger charge is -2.12. The maximum Gasteiger partial charge on any atom is 0.238 e. The minimum absolute atomic E-state index is 0.0590. The van der Waals surface area contributed by atoms with Crippen LogP contribution in [0.5, 0.6) is 11.5 Å². The fraction of sp³-hybridized carbons (Fsp3) is 0.235. The molecule has 2 aromatic carbocycles. The quantitative estimate of drug-likeness (QED) is 0.824. The van der Waals surface area contributed by atoms with Crippen molar-refractivity contribution in [2.45, 2.75) is 6.54 Å². The standard InChI is InChI=1S/C17H19FN2O3/c1-22-13-7-8-15(16(9-13)23-2)20-17(21)11-19-10-12-5-3-4-6-14(12)18/h3-9,19H,10-11H2,1-2H3,(H,20,21). The Morgan fingerprint density at radius 1 is 1.13 bits per heavy atom. The molecule has 0 aliphatic carbocycles. The average molecular weight is 318 g/mol. The Morgan fingerprint density at radius 3 is 2.61 bits per heavy atom. The van der Waals surface area contributed by atoms with Gasteiger partial charge in [-0.25, -0.2) is 4.39 Å². The first-order valence-electron chi connectivity index (χ1n) is 7.10. The third-order valence-corrected chi connectivity index (χ3v) is 3.24. The van der Waals surface area contributed by atoms with E-state index in [4.69, 9.17) is 9.47 Å².